The lowest BCUT2D eigenvalue weighted by Crippen LogP contribution is -2.67. The first-order chi connectivity index (χ1) is 15.0. The highest BCUT2D eigenvalue weighted by atomic mass is 16.6. The molecule has 0 N–H and O–H groups in total. The SMILES string of the molecule is CC(=O)OC1CC(OC(C)=O)C2(C)CCC34CC(c5ccco5)(CC3(C)C2C1=O)OC4=O. The van der Waals surface area contributed by atoms with Gasteiger partial charge in [0, 0.05) is 44.4 Å². The van der Waals surface area contributed by atoms with Crippen molar-refractivity contribution in [1.29, 1.82) is 0 Å². The summed E-state index contributed by atoms with van der Waals surface area (Å²) in [6.07, 6.45) is 1.98. The predicted octanol–water partition coefficient (Wildman–Crippen LogP) is 3.07. The van der Waals surface area contributed by atoms with E-state index in [-0.39, 0.29) is 18.2 Å². The van der Waals surface area contributed by atoms with Crippen molar-refractivity contribution >= 4 is 23.7 Å². The Kier molecular flexibility index (Phi) is 4.28. The summed E-state index contributed by atoms with van der Waals surface area (Å²) in [4.78, 5) is 50.9. The molecular formula is C24H28O8. The minimum Gasteiger partial charge on any atom is -0.465 e. The Morgan fingerprint density at radius 1 is 1.06 bits per heavy atom. The average molecular weight is 444 g/mol. The van der Waals surface area contributed by atoms with Crippen LogP contribution in [0.5, 0.6) is 0 Å². The number of hydrogen-bond acceptors (Lipinski definition) is 8. The molecule has 5 rings (SSSR count). The Hall–Kier alpha value is -2.64. The highest BCUT2D eigenvalue weighted by molar-refractivity contribution is 5.93. The van der Waals surface area contributed by atoms with E-state index in [1.807, 2.05) is 13.8 Å². The number of hydrogen-bond donors (Lipinski definition) is 0. The van der Waals surface area contributed by atoms with Gasteiger partial charge in [-0.05, 0) is 30.4 Å². The molecule has 8 heteroatoms. The number of Topliss-reactive ketones (excluding diaryl/α,β-unsaturated/α-hetero) is 1. The van der Waals surface area contributed by atoms with Crippen molar-refractivity contribution < 1.29 is 37.8 Å². The van der Waals surface area contributed by atoms with Crippen molar-refractivity contribution in [1.82, 2.24) is 0 Å². The fourth-order valence-electron chi connectivity index (χ4n) is 7.58. The van der Waals surface area contributed by atoms with Gasteiger partial charge in [0.1, 0.15) is 11.9 Å². The molecule has 1 aromatic heterocycles. The number of fused-ring (bicyclic) bond motifs is 3. The van der Waals surface area contributed by atoms with E-state index in [4.69, 9.17) is 18.6 Å². The van der Waals surface area contributed by atoms with Gasteiger partial charge < -0.3 is 18.6 Å². The van der Waals surface area contributed by atoms with Crippen LogP contribution in [0.25, 0.3) is 0 Å². The van der Waals surface area contributed by atoms with Crippen molar-refractivity contribution in [3.05, 3.63) is 24.2 Å². The third-order valence-corrected chi connectivity index (χ3v) is 8.75. The molecule has 4 aliphatic rings. The molecule has 1 aromatic rings. The van der Waals surface area contributed by atoms with E-state index in [0.29, 0.717) is 31.4 Å². The average Bonchev–Trinajstić information content (AvgIpc) is 3.36. The van der Waals surface area contributed by atoms with Crippen molar-refractivity contribution in [2.75, 3.05) is 0 Å². The van der Waals surface area contributed by atoms with Crippen molar-refractivity contribution in [3.8, 4) is 0 Å². The minimum atomic E-state index is -1.02. The van der Waals surface area contributed by atoms with Crippen LogP contribution in [0.1, 0.15) is 65.6 Å². The second-order valence-electron chi connectivity index (χ2n) is 10.5. The maximum atomic E-state index is 13.9. The zero-order valence-electron chi connectivity index (χ0n) is 18.8. The van der Waals surface area contributed by atoms with Gasteiger partial charge in [-0.1, -0.05) is 13.8 Å². The smallest absolute Gasteiger partial charge is 0.313 e. The lowest BCUT2D eigenvalue weighted by molar-refractivity contribution is -0.221. The molecule has 32 heavy (non-hydrogen) atoms. The zero-order chi connectivity index (χ0) is 23.1. The van der Waals surface area contributed by atoms with Crippen LogP contribution in [-0.4, -0.2) is 35.9 Å². The third kappa shape index (κ3) is 2.49. The van der Waals surface area contributed by atoms with E-state index in [1.54, 1.807) is 18.4 Å². The lowest BCUT2D eigenvalue weighted by Gasteiger charge is -2.61. The molecule has 0 amide bonds. The fourth-order valence-corrected chi connectivity index (χ4v) is 7.58. The number of esters is 3. The van der Waals surface area contributed by atoms with Gasteiger partial charge >= 0.3 is 17.9 Å². The number of ketones is 1. The summed E-state index contributed by atoms with van der Waals surface area (Å²) in [6.45, 7) is 6.52. The van der Waals surface area contributed by atoms with Gasteiger partial charge in [0.25, 0.3) is 0 Å². The molecule has 4 fully saturated rings. The van der Waals surface area contributed by atoms with Crippen molar-refractivity contribution in [2.45, 2.75) is 77.6 Å². The molecule has 8 nitrogen and oxygen atoms in total. The number of ether oxygens (including phenoxy) is 3. The van der Waals surface area contributed by atoms with Gasteiger partial charge in [0.2, 0.25) is 0 Å². The summed E-state index contributed by atoms with van der Waals surface area (Å²) in [5.74, 6) is -1.59. The van der Waals surface area contributed by atoms with E-state index in [9.17, 15) is 19.2 Å². The highest BCUT2D eigenvalue weighted by Gasteiger charge is 2.81. The predicted molar refractivity (Wildman–Crippen MR) is 108 cm³/mol. The van der Waals surface area contributed by atoms with Gasteiger partial charge in [0.05, 0.1) is 11.7 Å². The van der Waals surface area contributed by atoms with Crippen molar-refractivity contribution in [2.24, 2.45) is 22.2 Å². The van der Waals surface area contributed by atoms with Crippen LogP contribution in [0, 0.1) is 22.2 Å². The summed E-state index contributed by atoms with van der Waals surface area (Å²) >= 11 is 0. The largest absolute Gasteiger partial charge is 0.465 e. The van der Waals surface area contributed by atoms with Crippen LogP contribution in [0.2, 0.25) is 0 Å². The van der Waals surface area contributed by atoms with Gasteiger partial charge in [0.15, 0.2) is 17.5 Å². The van der Waals surface area contributed by atoms with E-state index >= 15 is 0 Å². The van der Waals surface area contributed by atoms with Gasteiger partial charge in [-0.2, -0.15) is 0 Å². The molecule has 7 unspecified atom stereocenters. The monoisotopic (exact) mass is 444 g/mol. The quantitative estimate of drug-likeness (QED) is 0.517. The first-order valence-electron chi connectivity index (χ1n) is 11.1. The maximum Gasteiger partial charge on any atom is 0.313 e. The topological polar surface area (TPSA) is 109 Å². The minimum absolute atomic E-state index is 0.127. The molecule has 1 spiro atoms. The van der Waals surface area contributed by atoms with Crippen LogP contribution in [0.4, 0.5) is 0 Å². The second kappa shape index (κ2) is 6.45. The van der Waals surface area contributed by atoms with E-state index in [0.717, 1.165) is 0 Å². The molecule has 172 valence electrons. The van der Waals surface area contributed by atoms with Crippen LogP contribution in [0.15, 0.2) is 22.8 Å². The molecule has 1 saturated heterocycles. The zero-order valence-corrected chi connectivity index (χ0v) is 18.8. The molecule has 3 saturated carbocycles. The Morgan fingerprint density at radius 3 is 2.41 bits per heavy atom. The van der Waals surface area contributed by atoms with Crippen LogP contribution >= 0.6 is 0 Å². The van der Waals surface area contributed by atoms with E-state index < -0.39 is 51.9 Å². The number of furan rings is 1. The molecule has 1 aliphatic heterocycles. The summed E-state index contributed by atoms with van der Waals surface area (Å²) in [7, 11) is 0. The summed E-state index contributed by atoms with van der Waals surface area (Å²) in [5.41, 5.74) is -3.23. The molecular weight excluding hydrogens is 416 g/mol. The summed E-state index contributed by atoms with van der Waals surface area (Å²) < 4.78 is 22.7. The standard InChI is InChI=1S/C24H28O8/c1-13(25)30-15-10-17(31-14(2)26)21(3)7-8-23-12-24(32-20(23)28,16-6-5-9-29-16)11-22(23,4)19(21)18(15)27/h5-6,9,15,17,19H,7-8,10-12H2,1-4H3. The van der Waals surface area contributed by atoms with Crippen LogP contribution < -0.4 is 0 Å². The highest BCUT2D eigenvalue weighted by Crippen LogP contribution is 2.77. The molecule has 0 aromatic carbocycles. The Balaban J connectivity index is 1.64. The van der Waals surface area contributed by atoms with Crippen LogP contribution in [-0.2, 0) is 39.0 Å². The van der Waals surface area contributed by atoms with Gasteiger partial charge in [-0.15, -0.1) is 0 Å². The molecule has 7 atom stereocenters. The number of carbonyl (C=O) groups excluding carboxylic acids is 4. The molecule has 2 bridgehead atoms. The first kappa shape index (κ1) is 21.2. The number of carbonyl (C=O) groups is 4. The van der Waals surface area contributed by atoms with E-state index in [2.05, 4.69) is 0 Å². The first-order valence-corrected chi connectivity index (χ1v) is 11.1. The normalized spacial score (nSPS) is 44.4. The Morgan fingerprint density at radius 2 is 1.78 bits per heavy atom. The maximum absolute atomic E-state index is 13.9. The van der Waals surface area contributed by atoms with Gasteiger partial charge in [-0.25, -0.2) is 0 Å². The van der Waals surface area contributed by atoms with E-state index in [1.165, 1.54) is 13.8 Å². The Labute approximate surface area is 185 Å². The number of rotatable bonds is 3. The lowest BCUT2D eigenvalue weighted by atomic mass is 9.42. The molecule has 0 radical (unpaired) electrons. The third-order valence-electron chi connectivity index (χ3n) is 8.75. The molecule has 2 heterocycles. The molecule has 3 aliphatic carbocycles. The van der Waals surface area contributed by atoms with Crippen LogP contribution in [0.3, 0.4) is 0 Å². The van der Waals surface area contributed by atoms with Gasteiger partial charge in [-0.3, -0.25) is 19.2 Å². The summed E-state index contributed by atoms with van der Waals surface area (Å²) in [5, 5.41) is 0. The summed E-state index contributed by atoms with van der Waals surface area (Å²) in [6, 6.07) is 3.56. The Bertz CT molecular complexity index is 1010. The van der Waals surface area contributed by atoms with Crippen molar-refractivity contribution in [3.63, 3.8) is 0 Å². The second-order valence-corrected chi connectivity index (χ2v) is 10.5. The fraction of sp³-hybridized carbons (Fsp3) is 0.667.